The van der Waals surface area contributed by atoms with Crippen LogP contribution in [0.1, 0.15) is 50.1 Å². The number of aromatic nitrogens is 3. The number of benzene rings is 1. The van der Waals surface area contributed by atoms with E-state index < -0.39 is 0 Å². The molecule has 0 radical (unpaired) electrons. The molecule has 1 amide bonds. The lowest BCUT2D eigenvalue weighted by molar-refractivity contribution is -0.122. The highest BCUT2D eigenvalue weighted by Gasteiger charge is 2.26. The Labute approximate surface area is 248 Å². The van der Waals surface area contributed by atoms with Gasteiger partial charge in [0, 0.05) is 73.9 Å². The molecular formula is C32H42N8O2. The average molecular weight is 571 g/mol. The van der Waals surface area contributed by atoms with Gasteiger partial charge < -0.3 is 25.3 Å². The molecule has 2 aromatic heterocycles. The van der Waals surface area contributed by atoms with E-state index in [4.69, 9.17) is 11.4 Å². The lowest BCUT2D eigenvalue weighted by Gasteiger charge is -2.34. The largest absolute Gasteiger partial charge is 0.369 e. The predicted molar refractivity (Wildman–Crippen MR) is 168 cm³/mol. The SMILES string of the molecule is C#Cc1cc(=O)n(C2CCC(NC(=O)CCCN(C)C)CC2)c2nc(Nc3ccc(N4CCN(C)CC4)cc3)ncc12. The first-order valence-electron chi connectivity index (χ1n) is 14.9. The van der Waals surface area contributed by atoms with Crippen LogP contribution in [0.25, 0.3) is 11.0 Å². The van der Waals surface area contributed by atoms with Gasteiger partial charge in [-0.05, 0) is 84.1 Å². The quantitative estimate of drug-likeness (QED) is 0.379. The van der Waals surface area contributed by atoms with Crippen molar-refractivity contribution in [3.63, 3.8) is 0 Å². The van der Waals surface area contributed by atoms with E-state index in [1.807, 2.05) is 26.2 Å². The van der Waals surface area contributed by atoms with Gasteiger partial charge >= 0.3 is 0 Å². The van der Waals surface area contributed by atoms with Crippen molar-refractivity contribution < 1.29 is 4.79 Å². The third-order valence-electron chi connectivity index (χ3n) is 8.38. The maximum atomic E-state index is 13.3. The highest BCUT2D eigenvalue weighted by Crippen LogP contribution is 2.31. The van der Waals surface area contributed by atoms with Crippen LogP contribution in [-0.4, -0.2) is 90.2 Å². The standard InChI is InChI=1S/C32H42N8O2/c1-5-23-21-30(42)40(27-14-10-24(11-15-27)34-29(41)7-6-16-37(2)3)31-28(23)22-33-32(36-31)35-25-8-12-26(13-9-25)39-19-17-38(4)18-20-39/h1,8-9,12-13,21-22,24,27H,6-7,10-11,14-20H2,2-4H3,(H,34,41)(H,33,35,36). The first kappa shape index (κ1) is 29.5. The number of amides is 1. The van der Waals surface area contributed by atoms with Crippen LogP contribution in [0, 0.1) is 12.3 Å². The maximum absolute atomic E-state index is 13.3. The van der Waals surface area contributed by atoms with Crippen LogP contribution in [0.2, 0.25) is 0 Å². The number of terminal acetylenes is 1. The molecule has 2 N–H and O–H groups in total. The molecule has 2 fully saturated rings. The van der Waals surface area contributed by atoms with Gasteiger partial charge in [0.1, 0.15) is 5.65 Å². The lowest BCUT2D eigenvalue weighted by Crippen LogP contribution is -2.44. The van der Waals surface area contributed by atoms with Crippen LogP contribution < -0.4 is 21.1 Å². The van der Waals surface area contributed by atoms with Gasteiger partial charge in [0.15, 0.2) is 0 Å². The second kappa shape index (κ2) is 13.4. The average Bonchev–Trinajstić information content (AvgIpc) is 2.98. The van der Waals surface area contributed by atoms with Gasteiger partial charge in [-0.2, -0.15) is 4.98 Å². The number of fused-ring (bicyclic) bond motifs is 1. The minimum atomic E-state index is -0.159. The molecule has 10 heteroatoms. The molecule has 10 nitrogen and oxygen atoms in total. The van der Waals surface area contributed by atoms with Crippen molar-refractivity contribution in [1.29, 1.82) is 0 Å². The van der Waals surface area contributed by atoms with Crippen molar-refractivity contribution in [3.8, 4) is 12.3 Å². The fraction of sp³-hybridized carbons (Fsp3) is 0.500. The number of pyridine rings is 1. The summed E-state index contributed by atoms with van der Waals surface area (Å²) < 4.78 is 1.77. The summed E-state index contributed by atoms with van der Waals surface area (Å²) in [6, 6.07) is 9.89. The number of hydrogen-bond donors (Lipinski definition) is 2. The first-order chi connectivity index (χ1) is 20.3. The maximum Gasteiger partial charge on any atom is 0.253 e. The zero-order valence-corrected chi connectivity index (χ0v) is 25.0. The Balaban J connectivity index is 1.30. The van der Waals surface area contributed by atoms with E-state index in [1.165, 1.54) is 11.8 Å². The Hall–Kier alpha value is -3.94. The third-order valence-corrected chi connectivity index (χ3v) is 8.38. The number of nitrogens with one attached hydrogen (secondary N) is 2. The van der Waals surface area contributed by atoms with Gasteiger partial charge in [-0.1, -0.05) is 5.92 Å². The Bertz CT molecular complexity index is 1480. The molecule has 222 valence electrons. The van der Waals surface area contributed by atoms with Crippen LogP contribution in [-0.2, 0) is 4.79 Å². The fourth-order valence-corrected chi connectivity index (χ4v) is 5.94. The molecule has 5 rings (SSSR count). The molecular weight excluding hydrogens is 528 g/mol. The van der Waals surface area contributed by atoms with E-state index in [2.05, 4.69) is 55.4 Å². The molecule has 1 saturated heterocycles. The van der Waals surface area contributed by atoms with E-state index >= 15 is 0 Å². The van der Waals surface area contributed by atoms with Crippen molar-refractivity contribution in [1.82, 2.24) is 29.7 Å². The molecule has 1 aromatic carbocycles. The summed E-state index contributed by atoms with van der Waals surface area (Å²) in [5, 5.41) is 7.18. The summed E-state index contributed by atoms with van der Waals surface area (Å²) in [6.45, 7) is 5.03. The lowest BCUT2D eigenvalue weighted by atomic mass is 9.90. The number of piperazine rings is 1. The van der Waals surface area contributed by atoms with E-state index in [0.717, 1.165) is 70.5 Å². The van der Waals surface area contributed by atoms with E-state index in [-0.39, 0.29) is 23.6 Å². The molecule has 3 heterocycles. The monoisotopic (exact) mass is 570 g/mol. The number of hydrogen-bond acceptors (Lipinski definition) is 8. The number of likely N-dealkylation sites (N-methyl/N-ethyl adjacent to an activating group) is 1. The zero-order chi connectivity index (χ0) is 29.6. The normalized spacial score (nSPS) is 19.5. The molecule has 1 aliphatic heterocycles. The van der Waals surface area contributed by atoms with E-state index in [9.17, 15) is 9.59 Å². The molecule has 0 atom stereocenters. The third kappa shape index (κ3) is 7.09. The first-order valence-corrected chi connectivity index (χ1v) is 14.9. The molecule has 1 saturated carbocycles. The molecule has 0 spiro atoms. The highest BCUT2D eigenvalue weighted by atomic mass is 16.1. The topological polar surface area (TPSA) is 98.6 Å². The van der Waals surface area contributed by atoms with Crippen LogP contribution in [0.3, 0.4) is 0 Å². The van der Waals surface area contributed by atoms with Gasteiger partial charge in [-0.25, -0.2) is 4.98 Å². The number of rotatable bonds is 9. The van der Waals surface area contributed by atoms with Gasteiger partial charge in [0.2, 0.25) is 11.9 Å². The molecule has 1 aliphatic carbocycles. The van der Waals surface area contributed by atoms with Crippen molar-refractivity contribution in [2.45, 2.75) is 50.6 Å². The molecule has 2 aliphatic rings. The minimum Gasteiger partial charge on any atom is -0.369 e. The van der Waals surface area contributed by atoms with Gasteiger partial charge in [0.25, 0.3) is 5.56 Å². The number of nitrogens with zero attached hydrogens (tertiary/aromatic N) is 6. The molecule has 0 bridgehead atoms. The van der Waals surface area contributed by atoms with Crippen LogP contribution in [0.4, 0.5) is 17.3 Å². The fourth-order valence-electron chi connectivity index (χ4n) is 5.94. The van der Waals surface area contributed by atoms with Crippen LogP contribution in [0.5, 0.6) is 0 Å². The summed E-state index contributed by atoms with van der Waals surface area (Å²) in [5.41, 5.74) is 2.94. The van der Waals surface area contributed by atoms with Crippen LogP contribution in [0.15, 0.2) is 41.3 Å². The summed E-state index contributed by atoms with van der Waals surface area (Å²) in [7, 11) is 6.18. The van der Waals surface area contributed by atoms with Crippen molar-refractivity contribution in [2.75, 3.05) is 64.1 Å². The zero-order valence-electron chi connectivity index (χ0n) is 25.0. The van der Waals surface area contributed by atoms with Gasteiger partial charge in [-0.3, -0.25) is 14.2 Å². The molecule has 0 unspecified atom stereocenters. The Morgan fingerprint density at radius 3 is 2.48 bits per heavy atom. The summed E-state index contributed by atoms with van der Waals surface area (Å²) in [6.07, 6.45) is 12.0. The number of carbonyl (C=O) groups is 1. The minimum absolute atomic E-state index is 0.0284. The second-order valence-electron chi connectivity index (χ2n) is 11.8. The van der Waals surface area contributed by atoms with Gasteiger partial charge in [0.05, 0.1) is 5.39 Å². The number of anilines is 3. The van der Waals surface area contributed by atoms with Crippen molar-refractivity contribution in [3.05, 3.63) is 52.4 Å². The smallest absolute Gasteiger partial charge is 0.253 e. The summed E-state index contributed by atoms with van der Waals surface area (Å²) in [4.78, 5) is 41.9. The molecule has 42 heavy (non-hydrogen) atoms. The van der Waals surface area contributed by atoms with Crippen molar-refractivity contribution >= 4 is 34.3 Å². The Morgan fingerprint density at radius 1 is 1.10 bits per heavy atom. The molecule has 3 aromatic rings. The highest BCUT2D eigenvalue weighted by molar-refractivity contribution is 5.82. The summed E-state index contributed by atoms with van der Waals surface area (Å²) in [5.74, 6) is 3.14. The summed E-state index contributed by atoms with van der Waals surface area (Å²) >= 11 is 0. The van der Waals surface area contributed by atoms with Crippen molar-refractivity contribution in [2.24, 2.45) is 0 Å². The number of carbonyl (C=O) groups excluding carboxylic acids is 1. The Kier molecular flexibility index (Phi) is 9.40. The Morgan fingerprint density at radius 2 is 1.81 bits per heavy atom. The second-order valence-corrected chi connectivity index (χ2v) is 11.8. The van der Waals surface area contributed by atoms with E-state index in [0.29, 0.717) is 29.0 Å². The predicted octanol–water partition coefficient (Wildman–Crippen LogP) is 3.21. The van der Waals surface area contributed by atoms with Gasteiger partial charge in [-0.15, -0.1) is 6.42 Å². The van der Waals surface area contributed by atoms with E-state index in [1.54, 1.807) is 10.8 Å². The van der Waals surface area contributed by atoms with Crippen LogP contribution >= 0.6 is 0 Å².